The Balaban J connectivity index is 1.58. The highest BCUT2D eigenvalue weighted by Gasteiger charge is 2.33. The van der Waals surface area contributed by atoms with Crippen LogP contribution < -0.4 is 5.32 Å². The molecule has 1 fully saturated rings. The minimum atomic E-state index is -0.259. The van der Waals surface area contributed by atoms with E-state index in [9.17, 15) is 10.1 Å². The van der Waals surface area contributed by atoms with Crippen LogP contribution in [0.4, 0.5) is 10.6 Å². The van der Waals surface area contributed by atoms with Gasteiger partial charge < -0.3 is 14.5 Å². The van der Waals surface area contributed by atoms with Crippen LogP contribution >= 0.6 is 0 Å². The van der Waals surface area contributed by atoms with Gasteiger partial charge in [0.2, 0.25) is 0 Å². The average molecular weight is 417 g/mol. The number of imidazole rings is 1. The fraction of sp³-hybridized carbons (Fsp3) is 0.375. The summed E-state index contributed by atoms with van der Waals surface area (Å²) in [5.41, 5.74) is 3.24. The Bertz CT molecular complexity index is 1130. The maximum atomic E-state index is 13.2. The fourth-order valence-electron chi connectivity index (χ4n) is 4.17. The van der Waals surface area contributed by atoms with Gasteiger partial charge in [-0.3, -0.25) is 5.32 Å². The lowest BCUT2D eigenvalue weighted by Gasteiger charge is -2.27. The lowest BCUT2D eigenvalue weighted by atomic mass is 10.1. The summed E-state index contributed by atoms with van der Waals surface area (Å²) in [7, 11) is 0. The maximum absolute atomic E-state index is 13.2. The highest BCUT2D eigenvalue weighted by molar-refractivity contribution is 5.89. The summed E-state index contributed by atoms with van der Waals surface area (Å²) in [5, 5.41) is 12.3. The van der Waals surface area contributed by atoms with Gasteiger partial charge in [-0.2, -0.15) is 5.26 Å². The molecule has 7 nitrogen and oxygen atoms in total. The number of H-pyrrole nitrogens is 1. The summed E-state index contributed by atoms with van der Waals surface area (Å²) in [6, 6.07) is 13.7. The Kier molecular flexibility index (Phi) is 5.32. The van der Waals surface area contributed by atoms with Crippen LogP contribution in [0.3, 0.4) is 0 Å². The molecular weight excluding hydrogens is 388 g/mol. The molecule has 3 heterocycles. The number of carbonyl (C=O) groups excluding carboxylic acids is 1. The largest absolute Gasteiger partial charge is 0.344 e. The van der Waals surface area contributed by atoms with Gasteiger partial charge >= 0.3 is 6.03 Å². The highest BCUT2D eigenvalue weighted by atomic mass is 16.2. The van der Waals surface area contributed by atoms with Gasteiger partial charge in [0.15, 0.2) is 0 Å². The molecule has 1 aromatic carbocycles. The first-order valence-corrected chi connectivity index (χ1v) is 10.6. The molecule has 0 saturated carbocycles. The summed E-state index contributed by atoms with van der Waals surface area (Å²) in [6.45, 7) is 8.80. The number of likely N-dealkylation sites (tertiary alicyclic amines) is 1. The molecule has 2 amide bonds. The van der Waals surface area contributed by atoms with E-state index in [1.165, 1.54) is 0 Å². The number of amides is 2. The van der Waals surface area contributed by atoms with Crippen molar-refractivity contribution in [3.63, 3.8) is 0 Å². The summed E-state index contributed by atoms with van der Waals surface area (Å²) < 4.78 is 1.93. The third-order valence-electron chi connectivity index (χ3n) is 5.69. The predicted molar refractivity (Wildman–Crippen MR) is 121 cm³/mol. The highest BCUT2D eigenvalue weighted by Crippen LogP contribution is 2.34. The summed E-state index contributed by atoms with van der Waals surface area (Å²) in [6.07, 6.45) is 3.56. The zero-order valence-corrected chi connectivity index (χ0v) is 18.4. The molecule has 2 aromatic heterocycles. The van der Waals surface area contributed by atoms with Crippen molar-refractivity contribution in [2.45, 2.75) is 52.1 Å². The molecule has 0 spiro atoms. The number of rotatable bonds is 3. The number of benzene rings is 1. The minimum absolute atomic E-state index is 0.107. The van der Waals surface area contributed by atoms with Crippen LogP contribution in [0.2, 0.25) is 0 Å². The molecule has 0 bridgehead atoms. The molecule has 1 unspecified atom stereocenters. The van der Waals surface area contributed by atoms with Crippen LogP contribution in [0.1, 0.15) is 56.7 Å². The molecule has 1 atom stereocenters. The second-order valence-corrected chi connectivity index (χ2v) is 9.01. The third-order valence-corrected chi connectivity index (χ3v) is 5.69. The number of aryl methyl sites for hydroxylation is 1. The van der Waals surface area contributed by atoms with Crippen LogP contribution in [0, 0.1) is 18.3 Å². The Morgan fingerprint density at radius 3 is 2.71 bits per heavy atom. The number of urea groups is 1. The molecule has 160 valence electrons. The number of nitriles is 1. The average Bonchev–Trinajstić information content (AvgIpc) is 3.45. The first-order chi connectivity index (χ1) is 14.8. The van der Waals surface area contributed by atoms with Gasteiger partial charge in [0, 0.05) is 29.5 Å². The van der Waals surface area contributed by atoms with Gasteiger partial charge in [0.1, 0.15) is 17.7 Å². The van der Waals surface area contributed by atoms with Crippen molar-refractivity contribution in [3.8, 4) is 17.3 Å². The van der Waals surface area contributed by atoms with Crippen LogP contribution in [0.15, 0.2) is 42.6 Å². The Labute approximate surface area is 182 Å². The second-order valence-electron chi connectivity index (χ2n) is 9.01. The van der Waals surface area contributed by atoms with Gasteiger partial charge in [-0.05, 0) is 46.6 Å². The molecule has 1 aliphatic heterocycles. The predicted octanol–water partition coefficient (Wildman–Crippen LogP) is 5.18. The van der Waals surface area contributed by atoms with Crippen LogP contribution in [-0.2, 0) is 5.54 Å². The summed E-state index contributed by atoms with van der Waals surface area (Å²) in [5.74, 6) is 1.44. The molecule has 3 aromatic rings. The quantitative estimate of drug-likeness (QED) is 0.616. The molecule has 7 heteroatoms. The number of nitrogens with zero attached hydrogens (tertiary/aromatic N) is 4. The van der Waals surface area contributed by atoms with Crippen molar-refractivity contribution in [2.24, 2.45) is 0 Å². The van der Waals surface area contributed by atoms with Crippen molar-refractivity contribution in [2.75, 3.05) is 11.9 Å². The second kappa shape index (κ2) is 7.95. The van der Waals surface area contributed by atoms with Gasteiger partial charge in [0.25, 0.3) is 0 Å². The van der Waals surface area contributed by atoms with E-state index in [0.29, 0.717) is 17.9 Å². The number of hydrogen-bond donors (Lipinski definition) is 2. The lowest BCUT2D eigenvalue weighted by molar-refractivity contribution is 0.205. The smallest absolute Gasteiger partial charge is 0.323 e. The van der Waals surface area contributed by atoms with Crippen LogP contribution in [-0.4, -0.2) is 32.0 Å². The van der Waals surface area contributed by atoms with Crippen LogP contribution in [0.25, 0.3) is 11.3 Å². The van der Waals surface area contributed by atoms with Crippen molar-refractivity contribution in [1.29, 1.82) is 5.26 Å². The van der Waals surface area contributed by atoms with Crippen LogP contribution in [0.5, 0.6) is 0 Å². The molecule has 1 aliphatic rings. The number of carbonyl (C=O) groups is 1. The van der Waals surface area contributed by atoms with Crippen molar-refractivity contribution in [3.05, 3.63) is 59.7 Å². The van der Waals surface area contributed by atoms with Gasteiger partial charge in [0.05, 0.1) is 17.3 Å². The zero-order chi connectivity index (χ0) is 22.2. The number of nitrogens with one attached hydrogen (secondary N) is 2. The number of hydrogen-bond acceptors (Lipinski definition) is 3. The van der Waals surface area contributed by atoms with E-state index >= 15 is 0 Å². The maximum Gasteiger partial charge on any atom is 0.323 e. The first-order valence-electron chi connectivity index (χ1n) is 10.6. The number of anilines is 1. The Morgan fingerprint density at radius 2 is 2.03 bits per heavy atom. The summed E-state index contributed by atoms with van der Waals surface area (Å²) >= 11 is 0. The lowest BCUT2D eigenvalue weighted by Crippen LogP contribution is -2.36. The Morgan fingerprint density at radius 1 is 1.29 bits per heavy atom. The standard InChI is InChI=1S/C24H28N6O/c1-16-21(18-9-6-5-7-10-18)28-22(26-16)19-11-8-12-29(19)23(31)27-20-13-17(14-25)15-30(20)24(2,3)4/h5-7,9-10,13,15,19H,8,11-12H2,1-4H3,(H,26,28)(H,27,31). The SMILES string of the molecule is Cc1[nH]c(C2CCCN2C(=O)Nc2cc(C#N)cn2C(C)(C)C)nc1-c1ccccc1. The number of aromatic nitrogens is 3. The monoisotopic (exact) mass is 416 g/mol. The summed E-state index contributed by atoms with van der Waals surface area (Å²) in [4.78, 5) is 23.3. The first kappa shape index (κ1) is 20.7. The van der Waals surface area contributed by atoms with E-state index in [2.05, 4.69) is 16.4 Å². The molecule has 1 saturated heterocycles. The number of aromatic amines is 1. The fourth-order valence-corrected chi connectivity index (χ4v) is 4.17. The van der Waals surface area contributed by atoms with E-state index in [1.54, 1.807) is 12.3 Å². The van der Waals surface area contributed by atoms with Gasteiger partial charge in [-0.25, -0.2) is 9.78 Å². The van der Waals surface area contributed by atoms with Crippen molar-refractivity contribution >= 4 is 11.8 Å². The molecular formula is C24H28N6O. The van der Waals surface area contributed by atoms with Crippen molar-refractivity contribution in [1.82, 2.24) is 19.4 Å². The van der Waals surface area contributed by atoms with E-state index in [0.717, 1.165) is 35.6 Å². The topological polar surface area (TPSA) is 89.7 Å². The third kappa shape index (κ3) is 4.06. The molecule has 2 N–H and O–H groups in total. The normalized spacial score (nSPS) is 16.4. The molecule has 4 rings (SSSR count). The molecule has 0 radical (unpaired) electrons. The van der Waals surface area contributed by atoms with Gasteiger partial charge in [-0.1, -0.05) is 30.3 Å². The molecule has 0 aliphatic carbocycles. The van der Waals surface area contributed by atoms with Crippen molar-refractivity contribution < 1.29 is 4.79 Å². The van der Waals surface area contributed by atoms with Gasteiger partial charge in [-0.15, -0.1) is 0 Å². The van der Waals surface area contributed by atoms with E-state index < -0.39 is 0 Å². The minimum Gasteiger partial charge on any atom is -0.344 e. The Hall–Kier alpha value is -3.53. The van der Waals surface area contributed by atoms with E-state index in [1.807, 2.05) is 67.5 Å². The van der Waals surface area contributed by atoms with E-state index in [-0.39, 0.29) is 17.6 Å². The zero-order valence-electron chi connectivity index (χ0n) is 18.4. The molecule has 31 heavy (non-hydrogen) atoms. The van der Waals surface area contributed by atoms with E-state index in [4.69, 9.17) is 4.98 Å².